The highest BCUT2D eigenvalue weighted by Crippen LogP contribution is 2.49. The van der Waals surface area contributed by atoms with Crippen molar-refractivity contribution in [2.45, 2.75) is 45.4 Å². The van der Waals surface area contributed by atoms with Crippen molar-refractivity contribution >= 4 is 24.0 Å². The maximum atomic E-state index is 6.62. The minimum Gasteiger partial charge on any atom is -0.316 e. The van der Waals surface area contributed by atoms with Crippen LogP contribution in [0.3, 0.4) is 0 Å². The Morgan fingerprint density at radius 3 is 2.95 bits per heavy atom. The van der Waals surface area contributed by atoms with Gasteiger partial charge in [-0.25, -0.2) is 0 Å². The first-order valence-corrected chi connectivity index (χ1v) is 7.54. The Kier molecular flexibility index (Phi) is 4.49. The van der Waals surface area contributed by atoms with Gasteiger partial charge in [0.1, 0.15) is 0 Å². The first-order chi connectivity index (χ1) is 8.65. The maximum absolute atomic E-state index is 6.62. The Labute approximate surface area is 127 Å². The molecule has 0 bridgehead atoms. The topological polar surface area (TPSA) is 12.0 Å². The molecule has 2 atom stereocenters. The second-order valence-electron chi connectivity index (χ2n) is 6.19. The molecule has 3 heteroatoms. The molecule has 0 amide bonds. The van der Waals surface area contributed by atoms with Gasteiger partial charge in [-0.05, 0) is 41.4 Å². The van der Waals surface area contributed by atoms with Crippen LogP contribution in [0, 0.1) is 5.41 Å². The maximum Gasteiger partial charge on any atom is 0.0472 e. The largest absolute Gasteiger partial charge is 0.316 e. The number of halogens is 2. The zero-order valence-electron chi connectivity index (χ0n) is 11.8. The van der Waals surface area contributed by atoms with Crippen LogP contribution in [-0.4, -0.2) is 13.1 Å². The molecule has 1 N–H and O–H groups in total. The van der Waals surface area contributed by atoms with Crippen LogP contribution >= 0.6 is 24.0 Å². The molecule has 1 aliphatic heterocycles. The van der Waals surface area contributed by atoms with Gasteiger partial charge in [0.05, 0.1) is 0 Å². The van der Waals surface area contributed by atoms with Gasteiger partial charge in [0.15, 0.2) is 0 Å². The van der Waals surface area contributed by atoms with Gasteiger partial charge >= 0.3 is 0 Å². The molecule has 1 aromatic rings. The van der Waals surface area contributed by atoms with E-state index in [1.165, 1.54) is 29.5 Å². The summed E-state index contributed by atoms with van der Waals surface area (Å²) in [5.41, 5.74) is 4.74. The van der Waals surface area contributed by atoms with Crippen molar-refractivity contribution in [2.75, 3.05) is 13.1 Å². The average Bonchev–Trinajstić information content (AvgIpc) is 2.75. The normalized spacial score (nSPS) is 28.5. The molecule has 0 unspecified atom stereocenters. The lowest BCUT2D eigenvalue weighted by atomic mass is 9.67. The number of nitrogens with one attached hydrogen (secondary N) is 1. The van der Waals surface area contributed by atoms with Crippen molar-refractivity contribution in [3.63, 3.8) is 0 Å². The average molecular weight is 300 g/mol. The molecule has 19 heavy (non-hydrogen) atoms. The van der Waals surface area contributed by atoms with E-state index in [1.807, 2.05) is 0 Å². The van der Waals surface area contributed by atoms with E-state index in [0.717, 1.165) is 31.0 Å². The van der Waals surface area contributed by atoms with Crippen LogP contribution in [0.5, 0.6) is 0 Å². The third-order valence-corrected chi connectivity index (χ3v) is 5.39. The lowest BCUT2D eigenvalue weighted by Gasteiger charge is -2.37. The Balaban J connectivity index is 0.00000133. The number of aryl methyl sites for hydroxylation is 1. The molecule has 1 nitrogen and oxygen atoms in total. The highest BCUT2D eigenvalue weighted by atomic mass is 35.5. The number of hydrogen-bond donors (Lipinski definition) is 1. The standard InChI is InChI=1S/C16H22ClN.ClH/c1-3-4-11-5-6-12-13(15(11)17)7-8-16(2)10-18-9-14(12)16;/h5-6,14,18H,3-4,7-10H2,1-2H3;1H/t14-,16+;/m0./s1. The summed E-state index contributed by atoms with van der Waals surface area (Å²) in [4.78, 5) is 0. The fourth-order valence-electron chi connectivity index (χ4n) is 3.76. The van der Waals surface area contributed by atoms with E-state index in [1.54, 1.807) is 0 Å². The van der Waals surface area contributed by atoms with Crippen molar-refractivity contribution in [1.29, 1.82) is 0 Å². The van der Waals surface area contributed by atoms with Crippen molar-refractivity contribution in [2.24, 2.45) is 5.41 Å². The Morgan fingerprint density at radius 1 is 1.42 bits per heavy atom. The van der Waals surface area contributed by atoms with Crippen LogP contribution in [-0.2, 0) is 12.8 Å². The highest BCUT2D eigenvalue weighted by molar-refractivity contribution is 6.32. The molecule has 0 saturated carbocycles. The van der Waals surface area contributed by atoms with Crippen LogP contribution in [0.15, 0.2) is 12.1 Å². The van der Waals surface area contributed by atoms with E-state index in [4.69, 9.17) is 11.6 Å². The van der Waals surface area contributed by atoms with Crippen molar-refractivity contribution in [1.82, 2.24) is 5.32 Å². The molecule has 0 radical (unpaired) electrons. The van der Waals surface area contributed by atoms with E-state index < -0.39 is 0 Å². The van der Waals surface area contributed by atoms with Crippen LogP contribution < -0.4 is 5.32 Å². The molecule has 1 aromatic carbocycles. The molecule has 1 saturated heterocycles. The van der Waals surface area contributed by atoms with Gasteiger partial charge in [0.2, 0.25) is 0 Å². The predicted molar refractivity (Wildman–Crippen MR) is 84.7 cm³/mol. The zero-order valence-corrected chi connectivity index (χ0v) is 13.3. The molecular formula is C16H23Cl2N. The second kappa shape index (κ2) is 5.63. The van der Waals surface area contributed by atoms with Gasteiger partial charge in [-0.15, -0.1) is 12.4 Å². The molecule has 0 aromatic heterocycles. The van der Waals surface area contributed by atoms with Crippen LogP contribution in [0.1, 0.15) is 49.3 Å². The molecule has 2 aliphatic rings. The van der Waals surface area contributed by atoms with E-state index in [9.17, 15) is 0 Å². The zero-order chi connectivity index (χ0) is 12.8. The van der Waals surface area contributed by atoms with E-state index in [2.05, 4.69) is 31.3 Å². The molecule has 1 heterocycles. The molecule has 106 valence electrons. The van der Waals surface area contributed by atoms with E-state index >= 15 is 0 Å². The van der Waals surface area contributed by atoms with Gasteiger partial charge in [0.25, 0.3) is 0 Å². The number of fused-ring (bicyclic) bond motifs is 3. The third-order valence-electron chi connectivity index (χ3n) is 4.92. The van der Waals surface area contributed by atoms with Gasteiger partial charge in [-0.1, -0.05) is 44.0 Å². The third kappa shape index (κ3) is 2.41. The molecular weight excluding hydrogens is 277 g/mol. The second-order valence-corrected chi connectivity index (χ2v) is 6.57. The predicted octanol–water partition coefficient (Wildman–Crippen LogP) is 4.35. The summed E-state index contributed by atoms with van der Waals surface area (Å²) in [6, 6.07) is 4.61. The Hall–Kier alpha value is -0.240. The smallest absolute Gasteiger partial charge is 0.0472 e. The van der Waals surface area contributed by atoms with Gasteiger partial charge in [-0.3, -0.25) is 0 Å². The summed E-state index contributed by atoms with van der Waals surface area (Å²) >= 11 is 6.62. The van der Waals surface area contributed by atoms with Crippen molar-refractivity contribution < 1.29 is 0 Å². The molecule has 1 aliphatic carbocycles. The lowest BCUT2D eigenvalue weighted by Crippen LogP contribution is -2.30. The fourth-order valence-corrected chi connectivity index (χ4v) is 4.12. The highest BCUT2D eigenvalue weighted by Gasteiger charge is 2.43. The first-order valence-electron chi connectivity index (χ1n) is 7.16. The summed E-state index contributed by atoms with van der Waals surface area (Å²) in [6.07, 6.45) is 4.70. The summed E-state index contributed by atoms with van der Waals surface area (Å²) in [5.74, 6) is 0.662. The lowest BCUT2D eigenvalue weighted by molar-refractivity contribution is 0.277. The van der Waals surface area contributed by atoms with Crippen molar-refractivity contribution in [3.05, 3.63) is 33.8 Å². The SMILES string of the molecule is CCCc1ccc2c(c1Cl)CC[C@]1(C)CNC[C@@H]21.Cl. The van der Waals surface area contributed by atoms with Crippen LogP contribution in [0.2, 0.25) is 5.02 Å². The minimum atomic E-state index is 0. The number of benzene rings is 1. The van der Waals surface area contributed by atoms with Crippen LogP contribution in [0.25, 0.3) is 0 Å². The first kappa shape index (κ1) is 15.2. The number of hydrogen-bond acceptors (Lipinski definition) is 1. The van der Waals surface area contributed by atoms with Gasteiger partial charge in [0, 0.05) is 24.0 Å². The van der Waals surface area contributed by atoms with Gasteiger partial charge < -0.3 is 5.32 Å². The number of rotatable bonds is 2. The summed E-state index contributed by atoms with van der Waals surface area (Å²) in [6.45, 7) is 6.92. The fraction of sp³-hybridized carbons (Fsp3) is 0.625. The van der Waals surface area contributed by atoms with E-state index in [-0.39, 0.29) is 12.4 Å². The van der Waals surface area contributed by atoms with Crippen LogP contribution in [0.4, 0.5) is 0 Å². The molecule has 3 rings (SSSR count). The minimum absolute atomic E-state index is 0. The van der Waals surface area contributed by atoms with Crippen molar-refractivity contribution in [3.8, 4) is 0 Å². The quantitative estimate of drug-likeness (QED) is 0.856. The summed E-state index contributed by atoms with van der Waals surface area (Å²) < 4.78 is 0. The molecule has 0 spiro atoms. The summed E-state index contributed by atoms with van der Waals surface area (Å²) in [5, 5.41) is 4.62. The summed E-state index contributed by atoms with van der Waals surface area (Å²) in [7, 11) is 0. The van der Waals surface area contributed by atoms with E-state index in [0.29, 0.717) is 11.3 Å². The molecule has 1 fully saturated rings. The Morgan fingerprint density at radius 2 is 2.21 bits per heavy atom. The van der Waals surface area contributed by atoms with Gasteiger partial charge in [-0.2, -0.15) is 0 Å². The Bertz CT molecular complexity index is 472. The monoisotopic (exact) mass is 299 g/mol.